The number of anilines is 3. The fourth-order valence-corrected chi connectivity index (χ4v) is 1.71. The average molecular weight is 241 g/mol. The largest absolute Gasteiger partial charge is 0.383 e. The number of para-hydroxylation sites is 1. The Morgan fingerprint density at radius 3 is 2.72 bits per heavy atom. The summed E-state index contributed by atoms with van der Waals surface area (Å²) < 4.78 is 1.66. The first-order valence-electron chi connectivity index (χ1n) is 5.84. The molecule has 0 amide bonds. The van der Waals surface area contributed by atoms with Crippen LogP contribution in [0, 0.1) is 11.3 Å². The Labute approximate surface area is 106 Å². The summed E-state index contributed by atoms with van der Waals surface area (Å²) >= 11 is 0. The minimum atomic E-state index is 0.396. The molecule has 5 heteroatoms. The lowest BCUT2D eigenvalue weighted by molar-refractivity contribution is 0.613. The molecule has 1 aromatic heterocycles. The molecule has 0 aliphatic heterocycles. The maximum Gasteiger partial charge on any atom is 0.172 e. The molecule has 0 atom stereocenters. The fraction of sp³-hybridized carbons (Fsp3) is 0.231. The van der Waals surface area contributed by atoms with E-state index in [0.717, 1.165) is 12.1 Å². The third kappa shape index (κ3) is 2.28. The third-order valence-electron chi connectivity index (χ3n) is 2.58. The minimum absolute atomic E-state index is 0.396. The van der Waals surface area contributed by atoms with Gasteiger partial charge in [0.05, 0.1) is 0 Å². The van der Waals surface area contributed by atoms with Gasteiger partial charge in [0, 0.05) is 12.2 Å². The highest BCUT2D eigenvalue weighted by molar-refractivity contribution is 5.69. The summed E-state index contributed by atoms with van der Waals surface area (Å²) in [7, 11) is 0. The molecular weight excluding hydrogens is 226 g/mol. The van der Waals surface area contributed by atoms with Crippen molar-refractivity contribution in [1.82, 2.24) is 9.78 Å². The number of nitrogens with two attached hydrogens (primary N) is 1. The zero-order chi connectivity index (χ0) is 13.0. The Hall–Kier alpha value is -2.48. The lowest BCUT2D eigenvalue weighted by Gasteiger charge is -2.02. The van der Waals surface area contributed by atoms with Crippen molar-refractivity contribution in [1.29, 1.82) is 5.26 Å². The molecule has 5 nitrogen and oxygen atoms in total. The van der Waals surface area contributed by atoms with E-state index < -0.39 is 0 Å². The number of aromatic nitrogens is 2. The van der Waals surface area contributed by atoms with Crippen LogP contribution in [0.2, 0.25) is 0 Å². The zero-order valence-corrected chi connectivity index (χ0v) is 10.2. The number of nitriles is 1. The maximum atomic E-state index is 9.14. The smallest absolute Gasteiger partial charge is 0.172 e. The van der Waals surface area contributed by atoms with Crippen LogP contribution in [0.4, 0.5) is 17.3 Å². The second-order valence-electron chi connectivity index (χ2n) is 3.93. The van der Waals surface area contributed by atoms with Crippen LogP contribution >= 0.6 is 0 Å². The highest BCUT2D eigenvalue weighted by Gasteiger charge is 2.14. The van der Waals surface area contributed by atoms with Crippen LogP contribution in [0.1, 0.15) is 18.9 Å². The van der Waals surface area contributed by atoms with Gasteiger partial charge in [-0.1, -0.05) is 25.1 Å². The molecule has 92 valence electrons. The van der Waals surface area contributed by atoms with Crippen molar-refractivity contribution >= 4 is 17.3 Å². The van der Waals surface area contributed by atoms with Gasteiger partial charge in [0.15, 0.2) is 5.82 Å². The summed E-state index contributed by atoms with van der Waals surface area (Å²) in [5.74, 6) is 0.924. The van der Waals surface area contributed by atoms with E-state index in [1.807, 2.05) is 37.3 Å². The number of nitrogens with one attached hydrogen (secondary N) is 1. The van der Waals surface area contributed by atoms with Crippen LogP contribution in [0.5, 0.6) is 0 Å². The Morgan fingerprint density at radius 2 is 2.11 bits per heavy atom. The van der Waals surface area contributed by atoms with E-state index in [-0.39, 0.29) is 0 Å². The Kier molecular flexibility index (Phi) is 3.49. The Balaban J connectivity index is 2.33. The molecule has 0 spiro atoms. The number of rotatable bonds is 4. The highest BCUT2D eigenvalue weighted by Crippen LogP contribution is 2.24. The molecule has 0 fully saturated rings. The van der Waals surface area contributed by atoms with Gasteiger partial charge in [0.25, 0.3) is 0 Å². The molecule has 0 saturated carbocycles. The molecule has 3 N–H and O–H groups in total. The van der Waals surface area contributed by atoms with Gasteiger partial charge in [-0.25, -0.2) is 4.68 Å². The number of hydrogen-bond donors (Lipinski definition) is 2. The minimum Gasteiger partial charge on any atom is -0.383 e. The van der Waals surface area contributed by atoms with E-state index >= 15 is 0 Å². The molecular formula is C13H15N5. The fourth-order valence-electron chi connectivity index (χ4n) is 1.71. The van der Waals surface area contributed by atoms with Crippen molar-refractivity contribution in [2.24, 2.45) is 0 Å². The van der Waals surface area contributed by atoms with Crippen LogP contribution in [-0.2, 0) is 6.54 Å². The molecule has 18 heavy (non-hydrogen) atoms. The molecule has 0 aliphatic rings. The Bertz CT molecular complexity index is 565. The van der Waals surface area contributed by atoms with Crippen molar-refractivity contribution in [3.63, 3.8) is 0 Å². The van der Waals surface area contributed by atoms with Gasteiger partial charge in [-0.05, 0) is 18.6 Å². The van der Waals surface area contributed by atoms with Crippen molar-refractivity contribution in [3.05, 3.63) is 35.9 Å². The van der Waals surface area contributed by atoms with Crippen LogP contribution in [0.3, 0.4) is 0 Å². The predicted octanol–water partition coefficient (Wildman–Crippen LogP) is 2.49. The van der Waals surface area contributed by atoms with Gasteiger partial charge < -0.3 is 11.1 Å². The van der Waals surface area contributed by atoms with E-state index in [0.29, 0.717) is 23.7 Å². The van der Waals surface area contributed by atoms with Crippen molar-refractivity contribution in [2.75, 3.05) is 11.1 Å². The summed E-state index contributed by atoms with van der Waals surface area (Å²) in [6, 6.07) is 11.7. The molecule has 0 unspecified atom stereocenters. The first-order valence-corrected chi connectivity index (χ1v) is 5.84. The normalized spacial score (nSPS) is 10.0. The topological polar surface area (TPSA) is 79.7 Å². The van der Waals surface area contributed by atoms with Gasteiger partial charge in [0.1, 0.15) is 17.5 Å². The molecule has 2 aromatic rings. The second kappa shape index (κ2) is 5.23. The highest BCUT2D eigenvalue weighted by atomic mass is 15.3. The standard InChI is InChI=1S/C13H15N5/c1-2-8-18-12(15)11(9-14)13(17-18)16-10-6-4-3-5-7-10/h3-7H,2,8,15H2,1H3,(H,16,17). The van der Waals surface area contributed by atoms with Gasteiger partial charge in [-0.3, -0.25) is 0 Å². The quantitative estimate of drug-likeness (QED) is 0.861. The SMILES string of the molecule is CCCn1nc(Nc2ccccc2)c(C#N)c1N. The number of nitrogens with zero attached hydrogens (tertiary/aromatic N) is 3. The summed E-state index contributed by atoms with van der Waals surface area (Å²) in [6.45, 7) is 2.74. The monoisotopic (exact) mass is 241 g/mol. The van der Waals surface area contributed by atoms with E-state index in [2.05, 4.69) is 16.5 Å². The van der Waals surface area contributed by atoms with E-state index in [4.69, 9.17) is 11.0 Å². The molecule has 0 saturated heterocycles. The zero-order valence-electron chi connectivity index (χ0n) is 10.2. The van der Waals surface area contributed by atoms with Crippen molar-refractivity contribution in [3.8, 4) is 6.07 Å². The third-order valence-corrected chi connectivity index (χ3v) is 2.58. The molecule has 0 bridgehead atoms. The summed E-state index contributed by atoms with van der Waals surface area (Å²) in [4.78, 5) is 0. The van der Waals surface area contributed by atoms with Gasteiger partial charge in [-0.15, -0.1) is 0 Å². The van der Waals surface area contributed by atoms with E-state index in [9.17, 15) is 0 Å². The lowest BCUT2D eigenvalue weighted by Crippen LogP contribution is -2.04. The van der Waals surface area contributed by atoms with Crippen LogP contribution in [-0.4, -0.2) is 9.78 Å². The first-order chi connectivity index (χ1) is 8.76. The number of aryl methyl sites for hydroxylation is 1. The van der Waals surface area contributed by atoms with Gasteiger partial charge in [0.2, 0.25) is 0 Å². The summed E-state index contributed by atoms with van der Waals surface area (Å²) in [5, 5.41) is 16.6. The van der Waals surface area contributed by atoms with Crippen molar-refractivity contribution in [2.45, 2.75) is 19.9 Å². The van der Waals surface area contributed by atoms with E-state index in [1.54, 1.807) is 4.68 Å². The molecule has 1 aromatic carbocycles. The van der Waals surface area contributed by atoms with Crippen LogP contribution in [0.15, 0.2) is 30.3 Å². The van der Waals surface area contributed by atoms with Crippen LogP contribution in [0.25, 0.3) is 0 Å². The molecule has 0 radical (unpaired) electrons. The number of benzene rings is 1. The second-order valence-corrected chi connectivity index (χ2v) is 3.93. The summed E-state index contributed by atoms with van der Waals surface area (Å²) in [5.41, 5.74) is 7.17. The average Bonchev–Trinajstić information content (AvgIpc) is 2.67. The first kappa shape index (κ1) is 12.0. The predicted molar refractivity (Wildman–Crippen MR) is 71.4 cm³/mol. The maximum absolute atomic E-state index is 9.14. The molecule has 0 aliphatic carbocycles. The van der Waals surface area contributed by atoms with Crippen molar-refractivity contribution < 1.29 is 0 Å². The number of hydrogen-bond acceptors (Lipinski definition) is 4. The van der Waals surface area contributed by atoms with Gasteiger partial charge in [-0.2, -0.15) is 10.4 Å². The summed E-state index contributed by atoms with van der Waals surface area (Å²) in [6.07, 6.45) is 0.918. The van der Waals surface area contributed by atoms with Gasteiger partial charge >= 0.3 is 0 Å². The van der Waals surface area contributed by atoms with E-state index in [1.165, 1.54) is 0 Å². The molecule has 1 heterocycles. The lowest BCUT2D eigenvalue weighted by atomic mass is 10.3. The number of nitrogen functional groups attached to an aromatic ring is 1. The molecule has 2 rings (SSSR count). The Morgan fingerprint density at radius 1 is 1.39 bits per heavy atom. The van der Waals surface area contributed by atoms with Crippen LogP contribution < -0.4 is 11.1 Å².